The van der Waals surface area contributed by atoms with Crippen LogP contribution in [0.3, 0.4) is 0 Å². The molecule has 9 heteroatoms. The zero-order valence-corrected chi connectivity index (χ0v) is 16.9. The Labute approximate surface area is 176 Å². The first-order valence-corrected chi connectivity index (χ1v) is 9.95. The molecule has 0 atom stereocenters. The molecule has 0 unspecified atom stereocenters. The van der Waals surface area contributed by atoms with Gasteiger partial charge in [0.25, 0.3) is 0 Å². The lowest BCUT2D eigenvalue weighted by Crippen LogP contribution is -2.22. The van der Waals surface area contributed by atoms with Gasteiger partial charge in [-0.2, -0.15) is 13.2 Å². The summed E-state index contributed by atoms with van der Waals surface area (Å²) in [6.45, 7) is 0.720. The molecule has 0 saturated heterocycles. The Bertz CT molecular complexity index is 897. The molecule has 1 aromatic carbocycles. The van der Waals surface area contributed by atoms with Crippen LogP contribution in [0.15, 0.2) is 30.6 Å². The third-order valence-electron chi connectivity index (χ3n) is 5.28. The van der Waals surface area contributed by atoms with Gasteiger partial charge in [-0.3, -0.25) is 9.78 Å². The molecule has 1 aliphatic carbocycles. The number of nitrogens with zero attached hydrogens (tertiary/aromatic N) is 1. The second kappa shape index (κ2) is 8.79. The van der Waals surface area contributed by atoms with E-state index in [4.69, 9.17) is 28.9 Å². The Morgan fingerprint density at radius 2 is 1.83 bits per heavy atom. The van der Waals surface area contributed by atoms with Crippen molar-refractivity contribution in [1.82, 2.24) is 4.98 Å². The van der Waals surface area contributed by atoms with E-state index < -0.39 is 17.6 Å². The number of hydrogen-bond donors (Lipinski definition) is 2. The number of aromatic nitrogens is 1. The molecule has 1 amide bonds. The van der Waals surface area contributed by atoms with Gasteiger partial charge in [0.15, 0.2) is 0 Å². The van der Waals surface area contributed by atoms with Gasteiger partial charge < -0.3 is 11.1 Å². The van der Waals surface area contributed by atoms with E-state index in [0.717, 1.165) is 37.2 Å². The van der Waals surface area contributed by atoms with E-state index in [1.165, 1.54) is 0 Å². The molecule has 29 heavy (non-hydrogen) atoms. The van der Waals surface area contributed by atoms with Gasteiger partial charge in [-0.15, -0.1) is 0 Å². The summed E-state index contributed by atoms with van der Waals surface area (Å²) >= 11 is 12.2. The quantitative estimate of drug-likeness (QED) is 0.602. The fraction of sp³-hybridized carbons (Fsp3) is 0.400. The maximum atomic E-state index is 13.2. The van der Waals surface area contributed by atoms with Crippen LogP contribution < -0.4 is 11.1 Å². The Hall–Kier alpha value is -1.99. The van der Waals surface area contributed by atoms with Gasteiger partial charge in [-0.05, 0) is 61.3 Å². The lowest BCUT2D eigenvalue weighted by molar-refractivity contribution is -0.137. The minimum absolute atomic E-state index is 0.0251. The lowest BCUT2D eigenvalue weighted by atomic mass is 9.78. The maximum Gasteiger partial charge on any atom is 0.416 e. The summed E-state index contributed by atoms with van der Waals surface area (Å²) in [6, 6.07) is 3.56. The standard InChI is InChI=1S/C20H20Cl2F3N3O/c21-14-7-15(10-27-9-14)28-8-11-1-3-12(4-2-11)16-5-13(20(23,24)25)6-17(18(16)22)19(26)29/h5-7,9-12,28H,1-4,8H2,(H2,26,29). The number of benzene rings is 1. The van der Waals surface area contributed by atoms with Gasteiger partial charge in [-0.1, -0.05) is 23.2 Å². The van der Waals surface area contributed by atoms with Crippen LogP contribution in [-0.4, -0.2) is 17.4 Å². The third-order valence-corrected chi connectivity index (χ3v) is 5.91. The minimum Gasteiger partial charge on any atom is -0.383 e. The van der Waals surface area contributed by atoms with Crippen molar-refractivity contribution in [2.45, 2.75) is 37.8 Å². The molecular formula is C20H20Cl2F3N3O. The van der Waals surface area contributed by atoms with Crippen LogP contribution in [0.2, 0.25) is 10.0 Å². The summed E-state index contributed by atoms with van der Waals surface area (Å²) in [5.41, 5.74) is 5.23. The molecule has 1 heterocycles. The molecule has 0 spiro atoms. The van der Waals surface area contributed by atoms with E-state index in [1.807, 2.05) is 0 Å². The van der Waals surface area contributed by atoms with Gasteiger partial charge in [0.05, 0.1) is 33.1 Å². The second-order valence-corrected chi connectivity index (χ2v) is 8.09. The Morgan fingerprint density at radius 3 is 2.41 bits per heavy atom. The lowest BCUT2D eigenvalue weighted by Gasteiger charge is -2.30. The number of nitrogens with two attached hydrogens (primary N) is 1. The molecule has 3 N–H and O–H groups in total. The summed E-state index contributed by atoms with van der Waals surface area (Å²) in [5, 5.41) is 3.86. The molecule has 0 bridgehead atoms. The van der Waals surface area contributed by atoms with Crippen LogP contribution in [0, 0.1) is 5.92 Å². The number of anilines is 1. The first-order chi connectivity index (χ1) is 13.6. The first kappa shape index (κ1) is 21.7. The fourth-order valence-corrected chi connectivity index (χ4v) is 4.27. The van der Waals surface area contributed by atoms with E-state index >= 15 is 0 Å². The third kappa shape index (κ3) is 5.34. The monoisotopic (exact) mass is 445 g/mol. The first-order valence-electron chi connectivity index (χ1n) is 9.20. The van der Waals surface area contributed by atoms with Crippen LogP contribution in [-0.2, 0) is 6.18 Å². The van der Waals surface area contributed by atoms with Crippen molar-refractivity contribution in [1.29, 1.82) is 0 Å². The van der Waals surface area contributed by atoms with E-state index in [-0.39, 0.29) is 16.5 Å². The molecule has 2 aromatic rings. The van der Waals surface area contributed by atoms with Crippen molar-refractivity contribution in [2.24, 2.45) is 11.7 Å². The number of hydrogen-bond acceptors (Lipinski definition) is 3. The number of nitrogens with one attached hydrogen (secondary N) is 1. The predicted octanol–water partition coefficient (Wildman–Crippen LogP) is 5.89. The molecule has 3 rings (SSSR count). The topological polar surface area (TPSA) is 68.0 Å². The van der Waals surface area contributed by atoms with Crippen LogP contribution in [0.4, 0.5) is 18.9 Å². The highest BCUT2D eigenvalue weighted by molar-refractivity contribution is 6.34. The smallest absolute Gasteiger partial charge is 0.383 e. The van der Waals surface area contributed by atoms with Gasteiger partial charge in [-0.25, -0.2) is 0 Å². The average molecular weight is 446 g/mol. The Balaban J connectivity index is 1.70. The average Bonchev–Trinajstić information content (AvgIpc) is 2.66. The molecule has 156 valence electrons. The second-order valence-electron chi connectivity index (χ2n) is 7.28. The highest BCUT2D eigenvalue weighted by Crippen LogP contribution is 2.42. The van der Waals surface area contributed by atoms with Crippen molar-refractivity contribution in [3.63, 3.8) is 0 Å². The number of rotatable bonds is 5. The number of carbonyl (C=O) groups excluding carboxylic acids is 1. The highest BCUT2D eigenvalue weighted by Gasteiger charge is 2.34. The number of pyridine rings is 1. The number of amides is 1. The summed E-state index contributed by atoms with van der Waals surface area (Å²) < 4.78 is 39.7. The van der Waals surface area contributed by atoms with E-state index in [0.29, 0.717) is 29.3 Å². The van der Waals surface area contributed by atoms with Crippen LogP contribution in [0.1, 0.15) is 53.1 Å². The summed E-state index contributed by atoms with van der Waals surface area (Å²) in [4.78, 5) is 15.6. The molecule has 1 saturated carbocycles. The van der Waals surface area contributed by atoms with Crippen molar-refractivity contribution < 1.29 is 18.0 Å². The van der Waals surface area contributed by atoms with Gasteiger partial charge in [0.1, 0.15) is 0 Å². The van der Waals surface area contributed by atoms with Crippen LogP contribution in [0.25, 0.3) is 0 Å². The largest absolute Gasteiger partial charge is 0.416 e. The fourth-order valence-electron chi connectivity index (χ4n) is 3.74. The van der Waals surface area contributed by atoms with Gasteiger partial charge in [0.2, 0.25) is 5.91 Å². The molecular weight excluding hydrogens is 426 g/mol. The van der Waals surface area contributed by atoms with E-state index in [9.17, 15) is 18.0 Å². The van der Waals surface area contributed by atoms with Crippen molar-refractivity contribution in [3.05, 3.63) is 57.3 Å². The molecule has 4 nitrogen and oxygen atoms in total. The van der Waals surface area contributed by atoms with Crippen molar-refractivity contribution in [3.8, 4) is 0 Å². The van der Waals surface area contributed by atoms with Crippen molar-refractivity contribution >= 4 is 34.8 Å². The van der Waals surface area contributed by atoms with Crippen molar-refractivity contribution in [2.75, 3.05) is 11.9 Å². The van der Waals surface area contributed by atoms with E-state index in [2.05, 4.69) is 10.3 Å². The molecule has 0 radical (unpaired) electrons. The summed E-state index contributed by atoms with van der Waals surface area (Å²) in [7, 11) is 0. The maximum absolute atomic E-state index is 13.2. The SMILES string of the molecule is NC(=O)c1cc(C(F)(F)F)cc(C2CCC(CNc3cncc(Cl)c3)CC2)c1Cl. The Morgan fingerprint density at radius 1 is 1.14 bits per heavy atom. The summed E-state index contributed by atoms with van der Waals surface area (Å²) in [5.74, 6) is -0.743. The van der Waals surface area contributed by atoms with E-state index in [1.54, 1.807) is 18.5 Å². The number of carbonyl (C=O) groups is 1. The van der Waals surface area contributed by atoms with Crippen LogP contribution in [0.5, 0.6) is 0 Å². The molecule has 1 fully saturated rings. The number of primary amides is 1. The number of alkyl halides is 3. The predicted molar refractivity (Wildman–Crippen MR) is 107 cm³/mol. The molecule has 1 aromatic heterocycles. The summed E-state index contributed by atoms with van der Waals surface area (Å²) in [6.07, 6.45) is 1.67. The number of halogens is 5. The Kier molecular flexibility index (Phi) is 6.58. The zero-order chi connectivity index (χ0) is 21.2. The molecule has 0 aliphatic heterocycles. The van der Waals surface area contributed by atoms with Gasteiger partial charge >= 0.3 is 6.18 Å². The normalized spacial score (nSPS) is 19.8. The highest BCUT2D eigenvalue weighted by atomic mass is 35.5. The van der Waals surface area contributed by atoms with Crippen LogP contribution >= 0.6 is 23.2 Å². The molecule has 1 aliphatic rings. The minimum atomic E-state index is -4.57. The van der Waals surface area contributed by atoms with Gasteiger partial charge in [0, 0.05) is 12.7 Å². The zero-order valence-electron chi connectivity index (χ0n) is 15.4.